The monoisotopic (exact) mass is 256 g/mol. The number of halogens is 1. The SMILES string of the molecule is O=C1O[C@H](c2cccc(Br)c2)C[C@H]1O. The Bertz CT molecular complexity index is 364. The summed E-state index contributed by atoms with van der Waals surface area (Å²) in [6.07, 6.45) is -0.941. The molecule has 2 atom stereocenters. The maximum Gasteiger partial charge on any atom is 0.335 e. The normalized spacial score (nSPS) is 26.3. The number of hydrogen-bond donors (Lipinski definition) is 1. The number of aliphatic hydroxyl groups excluding tert-OH is 1. The zero-order chi connectivity index (χ0) is 10.1. The van der Waals surface area contributed by atoms with Crippen LogP contribution in [-0.4, -0.2) is 17.2 Å². The van der Waals surface area contributed by atoms with Crippen molar-refractivity contribution in [2.45, 2.75) is 18.6 Å². The average Bonchev–Trinajstić information content (AvgIpc) is 2.47. The molecule has 1 N–H and O–H groups in total. The van der Waals surface area contributed by atoms with E-state index in [1.165, 1.54) is 0 Å². The number of benzene rings is 1. The molecule has 1 aromatic rings. The van der Waals surface area contributed by atoms with E-state index in [9.17, 15) is 9.90 Å². The Morgan fingerprint density at radius 1 is 1.50 bits per heavy atom. The predicted octanol–water partition coefficient (Wildman–Crippen LogP) is 1.80. The zero-order valence-electron chi connectivity index (χ0n) is 7.31. The largest absolute Gasteiger partial charge is 0.455 e. The summed E-state index contributed by atoms with van der Waals surface area (Å²) in [4.78, 5) is 11.0. The lowest BCUT2D eigenvalue weighted by Gasteiger charge is -2.08. The minimum Gasteiger partial charge on any atom is -0.455 e. The molecular formula is C10H9BrO3. The quantitative estimate of drug-likeness (QED) is 0.780. The summed E-state index contributed by atoms with van der Waals surface area (Å²) < 4.78 is 5.94. The van der Waals surface area contributed by atoms with Gasteiger partial charge in [0.25, 0.3) is 0 Å². The molecule has 14 heavy (non-hydrogen) atoms. The van der Waals surface area contributed by atoms with Gasteiger partial charge in [-0.3, -0.25) is 0 Å². The number of hydrogen-bond acceptors (Lipinski definition) is 3. The van der Waals surface area contributed by atoms with Gasteiger partial charge in [-0.15, -0.1) is 0 Å². The van der Waals surface area contributed by atoms with Gasteiger partial charge in [-0.05, 0) is 17.7 Å². The zero-order valence-corrected chi connectivity index (χ0v) is 8.90. The van der Waals surface area contributed by atoms with Crippen molar-refractivity contribution in [1.82, 2.24) is 0 Å². The highest BCUT2D eigenvalue weighted by Gasteiger charge is 2.33. The van der Waals surface area contributed by atoms with Gasteiger partial charge in [0.05, 0.1) is 0 Å². The number of ether oxygens (including phenoxy) is 1. The van der Waals surface area contributed by atoms with E-state index in [0.29, 0.717) is 6.42 Å². The third-order valence-corrected chi connectivity index (χ3v) is 2.68. The predicted molar refractivity (Wildman–Crippen MR) is 53.6 cm³/mol. The maximum atomic E-state index is 11.0. The molecule has 74 valence electrons. The van der Waals surface area contributed by atoms with Crippen LogP contribution in [0.5, 0.6) is 0 Å². The fourth-order valence-electron chi connectivity index (χ4n) is 1.48. The minimum absolute atomic E-state index is 0.310. The Morgan fingerprint density at radius 3 is 2.86 bits per heavy atom. The summed E-state index contributed by atoms with van der Waals surface area (Å²) in [5.74, 6) is -0.532. The van der Waals surface area contributed by atoms with Crippen LogP contribution in [0.3, 0.4) is 0 Å². The van der Waals surface area contributed by atoms with Crippen molar-refractivity contribution in [3.05, 3.63) is 34.3 Å². The summed E-state index contributed by atoms with van der Waals surface area (Å²) in [5.41, 5.74) is 0.907. The summed E-state index contributed by atoms with van der Waals surface area (Å²) in [7, 11) is 0. The number of carbonyl (C=O) groups excluding carboxylic acids is 1. The molecule has 0 spiro atoms. The second-order valence-electron chi connectivity index (χ2n) is 3.23. The number of carbonyl (C=O) groups is 1. The standard InChI is InChI=1S/C10H9BrO3/c11-7-3-1-2-6(4-7)9-5-8(12)10(13)14-9/h1-4,8-9,12H,5H2/t8-,9+/m1/s1. The smallest absolute Gasteiger partial charge is 0.335 e. The highest BCUT2D eigenvalue weighted by atomic mass is 79.9. The number of aliphatic hydroxyl groups is 1. The molecule has 0 saturated carbocycles. The Labute approximate surface area is 89.8 Å². The third-order valence-electron chi connectivity index (χ3n) is 2.19. The molecule has 0 amide bonds. The number of cyclic esters (lactones) is 1. The van der Waals surface area contributed by atoms with Gasteiger partial charge in [-0.1, -0.05) is 28.1 Å². The molecule has 0 radical (unpaired) electrons. The van der Waals surface area contributed by atoms with E-state index in [2.05, 4.69) is 15.9 Å². The van der Waals surface area contributed by atoms with E-state index in [4.69, 9.17) is 4.74 Å². The van der Waals surface area contributed by atoms with Crippen molar-refractivity contribution in [1.29, 1.82) is 0 Å². The molecule has 1 aliphatic heterocycles. The van der Waals surface area contributed by atoms with Crippen molar-refractivity contribution < 1.29 is 14.6 Å². The van der Waals surface area contributed by atoms with E-state index in [1.54, 1.807) is 0 Å². The van der Waals surface area contributed by atoms with Crippen LogP contribution in [0.1, 0.15) is 18.1 Å². The highest BCUT2D eigenvalue weighted by molar-refractivity contribution is 9.10. The fraction of sp³-hybridized carbons (Fsp3) is 0.300. The highest BCUT2D eigenvalue weighted by Crippen LogP contribution is 2.30. The lowest BCUT2D eigenvalue weighted by molar-refractivity contribution is -0.147. The van der Waals surface area contributed by atoms with Crippen LogP contribution in [0.15, 0.2) is 28.7 Å². The molecule has 2 rings (SSSR count). The minimum atomic E-state index is -0.973. The molecule has 0 unspecified atom stereocenters. The molecule has 0 aliphatic carbocycles. The van der Waals surface area contributed by atoms with Crippen molar-refractivity contribution in [2.24, 2.45) is 0 Å². The van der Waals surface area contributed by atoms with Gasteiger partial charge in [-0.25, -0.2) is 4.79 Å². The van der Waals surface area contributed by atoms with E-state index in [0.717, 1.165) is 10.0 Å². The number of esters is 1. The van der Waals surface area contributed by atoms with Crippen LogP contribution < -0.4 is 0 Å². The Hall–Kier alpha value is -0.870. The first-order chi connectivity index (χ1) is 6.66. The topological polar surface area (TPSA) is 46.5 Å². The van der Waals surface area contributed by atoms with E-state index in [-0.39, 0.29) is 6.10 Å². The first-order valence-corrected chi connectivity index (χ1v) is 5.10. The Balaban J connectivity index is 2.21. The lowest BCUT2D eigenvalue weighted by atomic mass is 10.1. The molecule has 1 aromatic carbocycles. The van der Waals surface area contributed by atoms with Gasteiger partial charge in [0.15, 0.2) is 6.10 Å². The van der Waals surface area contributed by atoms with Gasteiger partial charge in [0, 0.05) is 10.9 Å². The Kier molecular flexibility index (Phi) is 2.56. The van der Waals surface area contributed by atoms with Crippen LogP contribution in [0.2, 0.25) is 0 Å². The van der Waals surface area contributed by atoms with Crippen molar-refractivity contribution in [3.63, 3.8) is 0 Å². The average molecular weight is 257 g/mol. The lowest BCUT2D eigenvalue weighted by Crippen LogP contribution is -2.11. The van der Waals surface area contributed by atoms with Gasteiger partial charge in [-0.2, -0.15) is 0 Å². The van der Waals surface area contributed by atoms with Crippen LogP contribution >= 0.6 is 15.9 Å². The molecule has 1 aliphatic rings. The van der Waals surface area contributed by atoms with E-state index < -0.39 is 12.1 Å². The molecule has 1 fully saturated rings. The third kappa shape index (κ3) is 1.81. The molecule has 0 aromatic heterocycles. The summed E-state index contributed by atoms with van der Waals surface area (Å²) >= 11 is 3.34. The summed E-state index contributed by atoms with van der Waals surface area (Å²) in [6, 6.07) is 7.53. The van der Waals surface area contributed by atoms with Crippen molar-refractivity contribution in [3.8, 4) is 0 Å². The van der Waals surface area contributed by atoms with Crippen molar-refractivity contribution in [2.75, 3.05) is 0 Å². The van der Waals surface area contributed by atoms with E-state index >= 15 is 0 Å². The molecule has 4 heteroatoms. The van der Waals surface area contributed by atoms with Crippen LogP contribution in [-0.2, 0) is 9.53 Å². The second kappa shape index (κ2) is 3.71. The first kappa shape index (κ1) is 9.68. The van der Waals surface area contributed by atoms with Crippen LogP contribution in [0.4, 0.5) is 0 Å². The van der Waals surface area contributed by atoms with Gasteiger partial charge in [0.1, 0.15) is 6.10 Å². The summed E-state index contributed by atoms with van der Waals surface area (Å²) in [6.45, 7) is 0. The first-order valence-electron chi connectivity index (χ1n) is 4.31. The fourth-order valence-corrected chi connectivity index (χ4v) is 1.89. The summed E-state index contributed by atoms with van der Waals surface area (Å²) in [5, 5.41) is 9.21. The second-order valence-corrected chi connectivity index (χ2v) is 4.15. The molecule has 0 bridgehead atoms. The number of rotatable bonds is 1. The molecule has 3 nitrogen and oxygen atoms in total. The Morgan fingerprint density at radius 2 is 2.29 bits per heavy atom. The van der Waals surface area contributed by atoms with Gasteiger partial charge in [0.2, 0.25) is 0 Å². The maximum absolute atomic E-state index is 11.0. The van der Waals surface area contributed by atoms with Crippen LogP contribution in [0.25, 0.3) is 0 Å². The van der Waals surface area contributed by atoms with E-state index in [1.807, 2.05) is 24.3 Å². The van der Waals surface area contributed by atoms with Gasteiger partial charge < -0.3 is 9.84 Å². The molecule has 1 saturated heterocycles. The van der Waals surface area contributed by atoms with Crippen LogP contribution in [0, 0.1) is 0 Å². The molecular weight excluding hydrogens is 248 g/mol. The van der Waals surface area contributed by atoms with Gasteiger partial charge >= 0.3 is 5.97 Å². The van der Waals surface area contributed by atoms with Crippen molar-refractivity contribution >= 4 is 21.9 Å². The molecule has 1 heterocycles.